The average Bonchev–Trinajstić information content (AvgIpc) is 2.47. The minimum atomic E-state index is -0.220. The van der Waals surface area contributed by atoms with E-state index in [1.807, 2.05) is 0 Å². The number of aromatic amines is 2. The number of nitrogens with zero attached hydrogens (tertiary/aromatic N) is 1. The summed E-state index contributed by atoms with van der Waals surface area (Å²) in [6, 6.07) is 0. The van der Waals surface area contributed by atoms with Crippen LogP contribution in [0.2, 0.25) is 0 Å². The molecule has 0 saturated carbocycles. The Morgan fingerprint density at radius 3 is 3.08 bits per heavy atom. The van der Waals surface area contributed by atoms with Gasteiger partial charge in [-0.15, -0.1) is 0 Å². The van der Waals surface area contributed by atoms with Crippen LogP contribution < -0.4 is 17.0 Å². The van der Waals surface area contributed by atoms with Gasteiger partial charge in [-0.2, -0.15) is 4.98 Å². The Kier molecular flexibility index (Phi) is 1.56. The van der Waals surface area contributed by atoms with Gasteiger partial charge in [0.15, 0.2) is 0 Å². The Morgan fingerprint density at radius 1 is 1.62 bits per heavy atom. The summed E-state index contributed by atoms with van der Waals surface area (Å²) in [4.78, 5) is 20.7. The molecule has 0 saturated heterocycles. The zero-order valence-corrected chi connectivity index (χ0v) is 6.92. The average molecular weight is 180 g/mol. The Bertz CT molecular complexity index is 497. The number of nitrogens with one attached hydrogen (secondary N) is 2. The highest BCUT2D eigenvalue weighted by Gasteiger charge is 2.08. The Labute approximate surface area is 73.0 Å². The second-order valence-corrected chi connectivity index (χ2v) is 2.74. The molecule has 0 aliphatic rings. The van der Waals surface area contributed by atoms with Gasteiger partial charge < -0.3 is 16.5 Å². The molecule has 0 bridgehead atoms. The molecule has 6 heteroatoms. The number of nitrogen functional groups attached to an aromatic ring is 1. The van der Waals surface area contributed by atoms with E-state index in [1.54, 1.807) is 6.20 Å². The number of hydrogen-bond donors (Lipinski definition) is 4. The normalized spacial score (nSPS) is 10.8. The van der Waals surface area contributed by atoms with E-state index in [4.69, 9.17) is 5.73 Å². The van der Waals surface area contributed by atoms with Crippen LogP contribution in [0, 0.1) is 0 Å². The predicted octanol–water partition coefficient (Wildman–Crippen LogP) is -1.42. The summed E-state index contributed by atoms with van der Waals surface area (Å²) in [7, 11) is 0. The van der Waals surface area contributed by atoms with Crippen molar-refractivity contribution in [2.24, 2.45) is 0 Å². The van der Waals surface area contributed by atoms with Crippen LogP contribution in [0.4, 0.5) is 5.95 Å². The summed E-state index contributed by atoms with van der Waals surface area (Å²) in [5, 5.41) is 0.546. The molecular formula is C7H10N5O+. The fourth-order valence-corrected chi connectivity index (χ4v) is 1.32. The quantitative estimate of drug-likeness (QED) is 0.431. The molecule has 0 aliphatic heterocycles. The van der Waals surface area contributed by atoms with Gasteiger partial charge in [-0.1, -0.05) is 0 Å². The van der Waals surface area contributed by atoms with Crippen molar-refractivity contribution < 1.29 is 5.73 Å². The van der Waals surface area contributed by atoms with Crippen molar-refractivity contribution in [3.63, 3.8) is 0 Å². The van der Waals surface area contributed by atoms with Gasteiger partial charge in [0, 0.05) is 11.8 Å². The molecular weight excluding hydrogens is 170 g/mol. The highest BCUT2D eigenvalue weighted by Crippen LogP contribution is 2.10. The van der Waals surface area contributed by atoms with E-state index < -0.39 is 0 Å². The lowest BCUT2D eigenvalue weighted by atomic mass is 10.2. The minimum absolute atomic E-state index is 0.120. The molecule has 13 heavy (non-hydrogen) atoms. The smallest absolute Gasteiger partial charge is 0.262 e. The van der Waals surface area contributed by atoms with Crippen LogP contribution in [-0.2, 0) is 6.54 Å². The summed E-state index contributed by atoms with van der Waals surface area (Å²) in [5.41, 5.74) is 10.2. The van der Waals surface area contributed by atoms with Gasteiger partial charge in [0.2, 0.25) is 5.95 Å². The molecule has 0 radical (unpaired) electrons. The van der Waals surface area contributed by atoms with E-state index in [2.05, 4.69) is 20.7 Å². The summed E-state index contributed by atoms with van der Waals surface area (Å²) in [6.45, 7) is 0.550. The zero-order valence-electron chi connectivity index (χ0n) is 6.92. The lowest BCUT2D eigenvalue weighted by Gasteiger charge is -1.92. The third-order valence-corrected chi connectivity index (χ3v) is 1.91. The number of nitrogens with two attached hydrogens (primary N) is 1. The molecule has 0 aromatic carbocycles. The lowest BCUT2D eigenvalue weighted by molar-refractivity contribution is -0.386. The fourth-order valence-electron chi connectivity index (χ4n) is 1.32. The molecule has 0 aliphatic carbocycles. The Balaban J connectivity index is 2.90. The van der Waals surface area contributed by atoms with Crippen LogP contribution in [-0.4, -0.2) is 15.0 Å². The van der Waals surface area contributed by atoms with E-state index in [0.29, 0.717) is 17.6 Å². The first kappa shape index (κ1) is 7.81. The monoisotopic (exact) mass is 180 g/mol. The van der Waals surface area contributed by atoms with Crippen molar-refractivity contribution in [3.8, 4) is 0 Å². The van der Waals surface area contributed by atoms with Crippen LogP contribution in [0.5, 0.6) is 0 Å². The first-order valence-corrected chi connectivity index (χ1v) is 3.87. The number of aromatic nitrogens is 3. The first-order chi connectivity index (χ1) is 6.22. The third kappa shape index (κ3) is 1.07. The summed E-state index contributed by atoms with van der Waals surface area (Å²) in [6.07, 6.45) is 1.72. The van der Waals surface area contributed by atoms with Gasteiger partial charge in [0.1, 0.15) is 12.2 Å². The second-order valence-electron chi connectivity index (χ2n) is 2.74. The van der Waals surface area contributed by atoms with Crippen LogP contribution in [0.3, 0.4) is 0 Å². The van der Waals surface area contributed by atoms with Gasteiger partial charge >= 0.3 is 0 Å². The highest BCUT2D eigenvalue weighted by atomic mass is 16.1. The van der Waals surface area contributed by atoms with E-state index in [0.717, 1.165) is 5.56 Å². The van der Waals surface area contributed by atoms with Gasteiger partial charge in [-0.05, 0) is 0 Å². The number of fused-ring (bicyclic) bond motifs is 1. The van der Waals surface area contributed by atoms with Crippen molar-refractivity contribution in [2.75, 3.05) is 5.73 Å². The molecule has 0 unspecified atom stereocenters. The van der Waals surface area contributed by atoms with Gasteiger partial charge in [-0.3, -0.25) is 9.78 Å². The maximum atomic E-state index is 11.4. The third-order valence-electron chi connectivity index (χ3n) is 1.91. The standard InChI is InChI=1S/C7H9N5O/c8-1-3-2-10-5-4(3)6(13)12-7(9)11-5/h2H,1,8H2,(H4,9,10,11,12,13)/p+1. The SMILES string of the molecule is Nc1nc2[nH]cc(C[NH3+])c2c(=O)[nH]1. The molecule has 0 amide bonds. The fraction of sp³-hybridized carbons (Fsp3) is 0.143. The summed E-state index contributed by atoms with van der Waals surface area (Å²) in [5.74, 6) is 0.120. The number of quaternary nitrogens is 1. The van der Waals surface area contributed by atoms with Crippen LogP contribution in [0.25, 0.3) is 11.0 Å². The number of H-pyrrole nitrogens is 2. The molecule has 68 valence electrons. The van der Waals surface area contributed by atoms with Crippen molar-refractivity contribution in [2.45, 2.75) is 6.54 Å². The van der Waals surface area contributed by atoms with E-state index >= 15 is 0 Å². The summed E-state index contributed by atoms with van der Waals surface area (Å²) < 4.78 is 0. The maximum Gasteiger partial charge on any atom is 0.262 e. The van der Waals surface area contributed by atoms with Crippen LogP contribution >= 0.6 is 0 Å². The largest absolute Gasteiger partial charge is 0.369 e. The van der Waals surface area contributed by atoms with E-state index in [1.165, 1.54) is 0 Å². The molecule has 2 aromatic heterocycles. The lowest BCUT2D eigenvalue weighted by Crippen LogP contribution is -2.47. The molecule has 0 atom stereocenters. The molecule has 6 nitrogen and oxygen atoms in total. The minimum Gasteiger partial charge on any atom is -0.369 e. The van der Waals surface area contributed by atoms with E-state index in [-0.39, 0.29) is 11.5 Å². The Morgan fingerprint density at radius 2 is 2.38 bits per heavy atom. The van der Waals surface area contributed by atoms with Crippen molar-refractivity contribution in [1.29, 1.82) is 0 Å². The molecule has 0 fully saturated rings. The maximum absolute atomic E-state index is 11.4. The van der Waals surface area contributed by atoms with E-state index in [9.17, 15) is 4.79 Å². The first-order valence-electron chi connectivity index (χ1n) is 3.87. The van der Waals surface area contributed by atoms with Crippen molar-refractivity contribution in [1.82, 2.24) is 15.0 Å². The Hall–Kier alpha value is -1.82. The van der Waals surface area contributed by atoms with Crippen LogP contribution in [0.15, 0.2) is 11.0 Å². The highest BCUT2D eigenvalue weighted by molar-refractivity contribution is 5.79. The topological polar surface area (TPSA) is 115 Å². The van der Waals surface area contributed by atoms with Gasteiger partial charge in [-0.25, -0.2) is 0 Å². The second kappa shape index (κ2) is 2.60. The molecule has 7 N–H and O–H groups in total. The summed E-state index contributed by atoms with van der Waals surface area (Å²) >= 11 is 0. The zero-order chi connectivity index (χ0) is 9.42. The molecule has 0 spiro atoms. The number of rotatable bonds is 1. The van der Waals surface area contributed by atoms with Gasteiger partial charge in [0.05, 0.1) is 5.39 Å². The molecule has 2 heterocycles. The predicted molar refractivity (Wildman–Crippen MR) is 47.7 cm³/mol. The van der Waals surface area contributed by atoms with Crippen LogP contribution in [0.1, 0.15) is 5.56 Å². The molecule has 2 aromatic rings. The number of anilines is 1. The van der Waals surface area contributed by atoms with Crippen molar-refractivity contribution in [3.05, 3.63) is 22.1 Å². The number of hydrogen-bond acceptors (Lipinski definition) is 3. The van der Waals surface area contributed by atoms with Gasteiger partial charge in [0.25, 0.3) is 5.56 Å². The van der Waals surface area contributed by atoms with Crippen molar-refractivity contribution >= 4 is 17.0 Å². The molecule has 2 rings (SSSR count).